The molecular weight excluding hydrogens is 408 g/mol. The first-order valence-electron chi connectivity index (χ1n) is 9.76. The van der Waals surface area contributed by atoms with Gasteiger partial charge in [0.15, 0.2) is 5.16 Å². The maximum Gasteiger partial charge on any atom is 0.235 e. The molecule has 2 heterocycles. The topological polar surface area (TPSA) is 77.6 Å². The second-order valence-corrected chi connectivity index (χ2v) is 8.98. The summed E-state index contributed by atoms with van der Waals surface area (Å²) in [7, 11) is 1.81. The third-order valence-corrected chi connectivity index (χ3v) is 6.36. The number of thioether (sulfide) groups is 1. The first-order valence-corrected chi connectivity index (χ1v) is 11.1. The molecule has 0 atom stereocenters. The van der Waals surface area contributed by atoms with Gasteiger partial charge in [0.1, 0.15) is 11.6 Å². The number of amides is 1. The molecule has 0 spiro atoms. The Balaban J connectivity index is 1.24. The molecule has 1 N–H and O–H groups in total. The number of carbonyl (C=O) groups is 1. The fourth-order valence-corrected chi connectivity index (χ4v) is 4.28. The fraction of sp³-hybridized carbons (Fsp3) is 0.400. The zero-order valence-electron chi connectivity index (χ0n) is 16.0. The number of carbonyl (C=O) groups excluding carboxylic acids is 1. The van der Waals surface area contributed by atoms with Crippen molar-refractivity contribution in [2.24, 2.45) is 7.05 Å². The summed E-state index contributed by atoms with van der Waals surface area (Å²) in [5.41, 5.74) is 1.74. The van der Waals surface area contributed by atoms with E-state index in [0.29, 0.717) is 22.8 Å². The summed E-state index contributed by atoms with van der Waals surface area (Å²) < 4.78 is 3.93. The number of hydrogen-bond acceptors (Lipinski definition) is 5. The van der Waals surface area contributed by atoms with Crippen LogP contribution in [0.4, 0.5) is 5.82 Å². The Morgan fingerprint density at radius 3 is 2.66 bits per heavy atom. The third-order valence-electron chi connectivity index (χ3n) is 5.17. The predicted octanol–water partition coefficient (Wildman–Crippen LogP) is 4.28. The molecule has 2 aliphatic rings. The second-order valence-electron chi connectivity index (χ2n) is 7.60. The average Bonchev–Trinajstić information content (AvgIpc) is 3.64. The Hall–Kier alpha value is -2.32. The zero-order valence-corrected chi connectivity index (χ0v) is 17.6. The van der Waals surface area contributed by atoms with Crippen molar-refractivity contribution in [2.45, 2.75) is 42.8 Å². The third kappa shape index (κ3) is 4.04. The predicted molar refractivity (Wildman–Crippen MR) is 113 cm³/mol. The molecule has 2 fully saturated rings. The minimum absolute atomic E-state index is 0.0843. The van der Waals surface area contributed by atoms with Crippen LogP contribution in [0.25, 0.3) is 11.3 Å². The highest BCUT2D eigenvalue weighted by Gasteiger charge is 2.36. The van der Waals surface area contributed by atoms with Crippen molar-refractivity contribution < 1.29 is 4.79 Å². The van der Waals surface area contributed by atoms with Gasteiger partial charge in [-0.1, -0.05) is 35.5 Å². The van der Waals surface area contributed by atoms with Crippen LogP contribution in [0, 0.1) is 0 Å². The highest BCUT2D eigenvalue weighted by Crippen LogP contribution is 2.46. The molecule has 150 valence electrons. The molecule has 9 heteroatoms. The van der Waals surface area contributed by atoms with E-state index < -0.39 is 0 Å². The molecule has 0 unspecified atom stereocenters. The molecule has 7 nitrogen and oxygen atoms in total. The molecule has 3 aromatic rings. The van der Waals surface area contributed by atoms with Crippen LogP contribution < -0.4 is 5.32 Å². The van der Waals surface area contributed by atoms with Gasteiger partial charge < -0.3 is 9.88 Å². The van der Waals surface area contributed by atoms with E-state index in [0.717, 1.165) is 22.2 Å². The lowest BCUT2D eigenvalue weighted by Gasteiger charge is -2.08. The lowest BCUT2D eigenvalue weighted by molar-refractivity contribution is -0.113. The van der Waals surface area contributed by atoms with Crippen molar-refractivity contribution in [1.82, 2.24) is 24.5 Å². The van der Waals surface area contributed by atoms with Crippen LogP contribution >= 0.6 is 23.4 Å². The molecule has 2 saturated carbocycles. The molecule has 0 saturated heterocycles. The Kier molecular flexibility index (Phi) is 4.83. The highest BCUT2D eigenvalue weighted by atomic mass is 35.5. The first-order chi connectivity index (χ1) is 14.1. The number of nitrogens with zero attached hydrogens (tertiary/aromatic N) is 5. The first kappa shape index (κ1) is 18.7. The largest absolute Gasteiger partial charge is 0.310 e. The van der Waals surface area contributed by atoms with E-state index in [4.69, 9.17) is 11.6 Å². The standard InChI is InChI=1S/C20H21ClN6OS/c1-26-17(10-16(25-26)12-4-6-14(21)7-5-12)22-18(28)11-29-20-24-23-19(13-2-3-13)27(20)15-8-9-15/h4-7,10,13,15H,2-3,8-9,11H2,1H3,(H,22,28). The minimum Gasteiger partial charge on any atom is -0.310 e. The van der Waals surface area contributed by atoms with Crippen LogP contribution in [0.3, 0.4) is 0 Å². The quantitative estimate of drug-likeness (QED) is 0.568. The number of halogens is 1. The number of benzene rings is 1. The van der Waals surface area contributed by atoms with E-state index in [2.05, 4.69) is 25.2 Å². The van der Waals surface area contributed by atoms with Crippen molar-refractivity contribution in [2.75, 3.05) is 11.1 Å². The smallest absolute Gasteiger partial charge is 0.235 e. The van der Waals surface area contributed by atoms with Crippen LogP contribution in [0.5, 0.6) is 0 Å². The Morgan fingerprint density at radius 1 is 1.21 bits per heavy atom. The lowest BCUT2D eigenvalue weighted by Crippen LogP contribution is -2.17. The van der Waals surface area contributed by atoms with Gasteiger partial charge in [-0.15, -0.1) is 10.2 Å². The van der Waals surface area contributed by atoms with Crippen molar-refractivity contribution in [1.29, 1.82) is 0 Å². The number of nitrogens with one attached hydrogen (secondary N) is 1. The molecule has 5 rings (SSSR count). The molecule has 2 aliphatic carbocycles. The number of aryl methyl sites for hydroxylation is 1. The van der Waals surface area contributed by atoms with Gasteiger partial charge in [0, 0.05) is 35.7 Å². The number of hydrogen-bond donors (Lipinski definition) is 1. The maximum atomic E-state index is 12.5. The van der Waals surface area contributed by atoms with Gasteiger partial charge >= 0.3 is 0 Å². The summed E-state index contributed by atoms with van der Waals surface area (Å²) >= 11 is 7.40. The van der Waals surface area contributed by atoms with E-state index in [1.54, 1.807) is 4.68 Å². The number of rotatable bonds is 7. The second kappa shape index (κ2) is 7.50. The Bertz CT molecular complexity index is 1050. The van der Waals surface area contributed by atoms with Gasteiger partial charge in [0.05, 0.1) is 11.4 Å². The van der Waals surface area contributed by atoms with E-state index in [1.165, 1.54) is 37.4 Å². The van der Waals surface area contributed by atoms with Crippen molar-refractivity contribution >= 4 is 35.1 Å². The van der Waals surface area contributed by atoms with E-state index in [1.807, 2.05) is 37.4 Å². The van der Waals surface area contributed by atoms with Crippen molar-refractivity contribution in [3.63, 3.8) is 0 Å². The molecule has 0 radical (unpaired) electrons. The van der Waals surface area contributed by atoms with E-state index >= 15 is 0 Å². The highest BCUT2D eigenvalue weighted by molar-refractivity contribution is 7.99. The molecule has 1 amide bonds. The molecular formula is C20H21ClN6OS. The Morgan fingerprint density at radius 2 is 1.97 bits per heavy atom. The minimum atomic E-state index is -0.0843. The van der Waals surface area contributed by atoms with Crippen LogP contribution in [0.15, 0.2) is 35.5 Å². The van der Waals surface area contributed by atoms with Crippen LogP contribution in [0.2, 0.25) is 5.02 Å². The van der Waals surface area contributed by atoms with Crippen LogP contribution in [-0.2, 0) is 11.8 Å². The lowest BCUT2D eigenvalue weighted by atomic mass is 10.1. The molecule has 1 aromatic carbocycles. The van der Waals surface area contributed by atoms with Crippen molar-refractivity contribution in [3.05, 3.63) is 41.2 Å². The SMILES string of the molecule is Cn1nc(-c2ccc(Cl)cc2)cc1NC(=O)CSc1nnc(C2CC2)n1C1CC1. The maximum absolute atomic E-state index is 12.5. The summed E-state index contributed by atoms with van der Waals surface area (Å²) in [6.45, 7) is 0. The summed E-state index contributed by atoms with van der Waals surface area (Å²) in [5.74, 6) is 2.53. The summed E-state index contributed by atoms with van der Waals surface area (Å²) in [4.78, 5) is 12.5. The van der Waals surface area contributed by atoms with Crippen LogP contribution in [0.1, 0.15) is 43.5 Å². The monoisotopic (exact) mass is 428 g/mol. The van der Waals surface area contributed by atoms with Crippen molar-refractivity contribution in [3.8, 4) is 11.3 Å². The number of anilines is 1. The van der Waals surface area contributed by atoms with Crippen LogP contribution in [-0.4, -0.2) is 36.2 Å². The molecule has 29 heavy (non-hydrogen) atoms. The van der Waals surface area contributed by atoms with E-state index in [9.17, 15) is 4.79 Å². The van der Waals surface area contributed by atoms with Gasteiger partial charge in [0.25, 0.3) is 0 Å². The van der Waals surface area contributed by atoms with E-state index in [-0.39, 0.29) is 11.7 Å². The average molecular weight is 429 g/mol. The molecule has 0 bridgehead atoms. The van der Waals surface area contributed by atoms with Gasteiger partial charge in [0.2, 0.25) is 5.91 Å². The van der Waals surface area contributed by atoms with Gasteiger partial charge in [-0.25, -0.2) is 0 Å². The normalized spacial score (nSPS) is 16.2. The fourth-order valence-electron chi connectivity index (χ4n) is 3.34. The summed E-state index contributed by atoms with van der Waals surface area (Å²) in [5, 5.41) is 17.7. The van der Waals surface area contributed by atoms with Gasteiger partial charge in [-0.05, 0) is 37.8 Å². The molecule has 0 aliphatic heterocycles. The summed E-state index contributed by atoms with van der Waals surface area (Å²) in [6.07, 6.45) is 4.76. The number of aromatic nitrogens is 5. The summed E-state index contributed by atoms with van der Waals surface area (Å²) in [6, 6.07) is 9.86. The molecule has 2 aromatic heterocycles. The van der Waals surface area contributed by atoms with Gasteiger partial charge in [-0.3, -0.25) is 9.48 Å². The Labute approximate surface area is 177 Å². The zero-order chi connectivity index (χ0) is 20.0. The van der Waals surface area contributed by atoms with Gasteiger partial charge in [-0.2, -0.15) is 5.10 Å².